The average molecular weight is 302 g/mol. The summed E-state index contributed by atoms with van der Waals surface area (Å²) in [7, 11) is -3.42. The van der Waals surface area contributed by atoms with Crippen molar-refractivity contribution in [3.05, 3.63) is 15.8 Å². The van der Waals surface area contributed by atoms with Gasteiger partial charge in [0.15, 0.2) is 0 Å². The van der Waals surface area contributed by atoms with Gasteiger partial charge in [0, 0.05) is 27.9 Å². The van der Waals surface area contributed by atoms with E-state index in [0.29, 0.717) is 10.9 Å². The smallest absolute Gasteiger partial charge is 0.242 e. The molecule has 0 unspecified atom stereocenters. The molecule has 1 saturated carbocycles. The minimum absolute atomic E-state index is 0.417. The SMILES string of the molecule is Cc1sc(CNC2CC2)cc1S(=O)(=O)NC(C)(C)C. The highest BCUT2D eigenvalue weighted by molar-refractivity contribution is 7.89. The first-order valence-electron chi connectivity index (χ1n) is 6.54. The Balaban J connectivity index is 2.14. The monoisotopic (exact) mass is 302 g/mol. The van der Waals surface area contributed by atoms with Crippen LogP contribution < -0.4 is 10.0 Å². The van der Waals surface area contributed by atoms with Crippen LogP contribution in [0.2, 0.25) is 0 Å². The van der Waals surface area contributed by atoms with Crippen molar-refractivity contribution in [2.24, 2.45) is 0 Å². The molecule has 4 nitrogen and oxygen atoms in total. The van der Waals surface area contributed by atoms with E-state index in [1.807, 2.05) is 27.7 Å². The third-order valence-electron chi connectivity index (χ3n) is 2.80. The van der Waals surface area contributed by atoms with Crippen LogP contribution in [0.5, 0.6) is 0 Å². The molecule has 0 atom stereocenters. The molecule has 0 bridgehead atoms. The molecule has 0 radical (unpaired) electrons. The summed E-state index contributed by atoms with van der Waals surface area (Å²) in [5, 5.41) is 3.41. The minimum atomic E-state index is -3.42. The number of hydrogen-bond donors (Lipinski definition) is 2. The second-order valence-corrected chi connectivity index (χ2v) is 9.14. The van der Waals surface area contributed by atoms with Gasteiger partial charge >= 0.3 is 0 Å². The van der Waals surface area contributed by atoms with E-state index in [9.17, 15) is 8.42 Å². The fourth-order valence-electron chi connectivity index (χ4n) is 1.87. The Bertz CT molecular complexity index is 552. The van der Waals surface area contributed by atoms with Gasteiger partial charge < -0.3 is 5.32 Å². The van der Waals surface area contributed by atoms with Crippen LogP contribution in [-0.4, -0.2) is 20.0 Å². The van der Waals surface area contributed by atoms with Gasteiger partial charge in [-0.25, -0.2) is 13.1 Å². The fourth-order valence-corrected chi connectivity index (χ4v) is 4.87. The van der Waals surface area contributed by atoms with Gasteiger partial charge in [-0.2, -0.15) is 0 Å². The highest BCUT2D eigenvalue weighted by Crippen LogP contribution is 2.27. The van der Waals surface area contributed by atoms with Gasteiger partial charge in [0.2, 0.25) is 10.0 Å². The molecular formula is C13H22N2O2S2. The predicted molar refractivity (Wildman–Crippen MR) is 79.0 cm³/mol. The lowest BCUT2D eigenvalue weighted by Gasteiger charge is -2.20. The molecular weight excluding hydrogens is 280 g/mol. The first-order valence-corrected chi connectivity index (χ1v) is 8.84. The molecule has 108 valence electrons. The third kappa shape index (κ3) is 4.27. The largest absolute Gasteiger partial charge is 0.309 e. The summed E-state index contributed by atoms with van der Waals surface area (Å²) in [4.78, 5) is 2.35. The summed E-state index contributed by atoms with van der Waals surface area (Å²) in [6, 6.07) is 2.43. The second-order valence-electron chi connectivity index (χ2n) is 6.14. The Morgan fingerprint density at radius 3 is 2.53 bits per heavy atom. The van der Waals surface area contributed by atoms with E-state index in [4.69, 9.17) is 0 Å². The van der Waals surface area contributed by atoms with Gasteiger partial charge in [-0.1, -0.05) is 0 Å². The van der Waals surface area contributed by atoms with Crippen LogP contribution in [0.3, 0.4) is 0 Å². The maximum Gasteiger partial charge on any atom is 0.242 e. The number of aryl methyl sites for hydroxylation is 1. The number of hydrogen-bond acceptors (Lipinski definition) is 4. The first-order chi connectivity index (χ1) is 8.67. The molecule has 6 heteroatoms. The van der Waals surface area contributed by atoms with Crippen LogP contribution in [0.1, 0.15) is 43.4 Å². The lowest BCUT2D eigenvalue weighted by molar-refractivity contribution is 0.491. The maximum atomic E-state index is 12.3. The summed E-state index contributed by atoms with van der Waals surface area (Å²) in [5.74, 6) is 0. The molecule has 1 fully saturated rings. The number of sulfonamides is 1. The van der Waals surface area contributed by atoms with Gasteiger partial charge in [0.05, 0.1) is 4.90 Å². The van der Waals surface area contributed by atoms with E-state index in [0.717, 1.165) is 16.3 Å². The van der Waals surface area contributed by atoms with Crippen molar-refractivity contribution in [3.63, 3.8) is 0 Å². The third-order valence-corrected chi connectivity index (χ3v) is 5.86. The van der Waals surface area contributed by atoms with E-state index in [1.54, 1.807) is 17.4 Å². The average Bonchev–Trinajstić information content (AvgIpc) is 2.95. The number of nitrogens with one attached hydrogen (secondary N) is 2. The lowest BCUT2D eigenvalue weighted by atomic mass is 10.1. The maximum absolute atomic E-state index is 12.3. The molecule has 0 amide bonds. The summed E-state index contributed by atoms with van der Waals surface area (Å²) < 4.78 is 27.3. The molecule has 2 N–H and O–H groups in total. The first kappa shape index (κ1) is 15.0. The number of rotatable bonds is 5. The van der Waals surface area contributed by atoms with Crippen molar-refractivity contribution in [2.45, 2.75) is 63.6 Å². The zero-order valence-electron chi connectivity index (χ0n) is 11.9. The molecule has 1 aliphatic carbocycles. The van der Waals surface area contributed by atoms with Crippen molar-refractivity contribution in [3.8, 4) is 0 Å². The van der Waals surface area contributed by atoms with E-state index in [-0.39, 0.29) is 0 Å². The Kier molecular flexibility index (Phi) is 4.07. The molecule has 0 aliphatic heterocycles. The Hall–Kier alpha value is -0.430. The molecule has 0 saturated heterocycles. The number of thiophene rings is 1. The van der Waals surface area contributed by atoms with Crippen molar-refractivity contribution in [2.75, 3.05) is 0 Å². The highest BCUT2D eigenvalue weighted by atomic mass is 32.2. The lowest BCUT2D eigenvalue weighted by Crippen LogP contribution is -2.40. The summed E-state index contributed by atoms with van der Waals surface area (Å²) in [5.41, 5.74) is -0.459. The standard InChI is InChI=1S/C13H22N2O2S2/c1-9-12(19(16,17)15-13(2,3)4)7-11(18-9)8-14-10-5-6-10/h7,10,14-15H,5-6,8H2,1-4H3. The van der Waals surface area contributed by atoms with Gasteiger partial charge in [0.1, 0.15) is 0 Å². The summed E-state index contributed by atoms with van der Waals surface area (Å²) in [6.07, 6.45) is 2.47. The molecule has 2 rings (SSSR count). The van der Waals surface area contributed by atoms with Crippen LogP contribution in [0, 0.1) is 6.92 Å². The molecule has 0 spiro atoms. The second kappa shape index (κ2) is 5.16. The Labute approximate surface area is 119 Å². The van der Waals surface area contributed by atoms with Gasteiger partial charge in [0.25, 0.3) is 0 Å². The molecule has 1 aromatic heterocycles. The Morgan fingerprint density at radius 1 is 1.37 bits per heavy atom. The van der Waals surface area contributed by atoms with E-state index in [2.05, 4.69) is 10.0 Å². The summed E-state index contributed by atoms with van der Waals surface area (Å²) in [6.45, 7) is 8.18. The zero-order valence-corrected chi connectivity index (χ0v) is 13.5. The highest BCUT2D eigenvalue weighted by Gasteiger charge is 2.26. The van der Waals surface area contributed by atoms with E-state index >= 15 is 0 Å². The quantitative estimate of drug-likeness (QED) is 0.878. The molecule has 1 aromatic rings. The van der Waals surface area contributed by atoms with Crippen molar-refractivity contribution in [1.29, 1.82) is 0 Å². The Morgan fingerprint density at radius 2 is 2.00 bits per heavy atom. The van der Waals surface area contributed by atoms with Gasteiger partial charge in [-0.05, 0) is 46.6 Å². The van der Waals surface area contributed by atoms with Crippen LogP contribution in [-0.2, 0) is 16.6 Å². The van der Waals surface area contributed by atoms with E-state index in [1.165, 1.54) is 12.8 Å². The van der Waals surface area contributed by atoms with Crippen molar-refractivity contribution < 1.29 is 8.42 Å². The van der Waals surface area contributed by atoms with Gasteiger partial charge in [-0.3, -0.25) is 0 Å². The molecule has 1 aliphatic rings. The van der Waals surface area contributed by atoms with Gasteiger partial charge in [-0.15, -0.1) is 11.3 Å². The minimum Gasteiger partial charge on any atom is -0.309 e. The fraction of sp³-hybridized carbons (Fsp3) is 0.692. The molecule has 0 aromatic carbocycles. The van der Waals surface area contributed by atoms with Crippen LogP contribution in [0.25, 0.3) is 0 Å². The van der Waals surface area contributed by atoms with Crippen LogP contribution in [0.15, 0.2) is 11.0 Å². The van der Waals surface area contributed by atoms with Crippen LogP contribution >= 0.6 is 11.3 Å². The van der Waals surface area contributed by atoms with E-state index < -0.39 is 15.6 Å². The topological polar surface area (TPSA) is 58.2 Å². The molecule has 19 heavy (non-hydrogen) atoms. The normalized spacial score (nSPS) is 16.8. The van der Waals surface area contributed by atoms with Crippen LogP contribution in [0.4, 0.5) is 0 Å². The predicted octanol–water partition coefficient (Wildman–Crippen LogP) is 2.39. The van der Waals surface area contributed by atoms with Crippen molar-refractivity contribution in [1.82, 2.24) is 10.0 Å². The molecule has 1 heterocycles. The summed E-state index contributed by atoms with van der Waals surface area (Å²) >= 11 is 1.56. The zero-order chi connectivity index (χ0) is 14.3. The van der Waals surface area contributed by atoms with Crippen molar-refractivity contribution >= 4 is 21.4 Å².